The van der Waals surface area contributed by atoms with Crippen LogP contribution in [0.15, 0.2) is 42.5 Å². The van der Waals surface area contributed by atoms with Gasteiger partial charge >= 0.3 is 0 Å². The van der Waals surface area contributed by atoms with Gasteiger partial charge in [0, 0.05) is 17.7 Å². The Kier molecular flexibility index (Phi) is 5.54. The van der Waals surface area contributed by atoms with Crippen LogP contribution < -0.4 is 10.6 Å². The van der Waals surface area contributed by atoms with Crippen molar-refractivity contribution in [2.24, 2.45) is 0 Å². The van der Waals surface area contributed by atoms with Gasteiger partial charge in [-0.1, -0.05) is 12.1 Å². The summed E-state index contributed by atoms with van der Waals surface area (Å²) in [4.78, 5) is 22.2. The number of quaternary nitrogens is 1. The average molecular weight is 336 g/mol. The lowest BCUT2D eigenvalue weighted by Gasteiger charge is -2.12. The highest BCUT2D eigenvalue weighted by Gasteiger charge is 2.18. The predicted octanol–water partition coefficient (Wildman–Crippen LogP) is 2.14. The lowest BCUT2D eigenvalue weighted by Crippen LogP contribution is -2.86. The highest BCUT2D eigenvalue weighted by Crippen LogP contribution is 2.22. The summed E-state index contributed by atoms with van der Waals surface area (Å²) in [5, 5.41) is 14.9. The molecule has 2 aromatic rings. The molecule has 0 saturated heterocycles. The van der Waals surface area contributed by atoms with Crippen molar-refractivity contribution in [1.29, 1.82) is 0 Å². The first-order chi connectivity index (χ1) is 11.4. The van der Waals surface area contributed by atoms with Gasteiger partial charge in [0.1, 0.15) is 23.4 Å². The van der Waals surface area contributed by atoms with Gasteiger partial charge in [-0.2, -0.15) is 0 Å². The summed E-state index contributed by atoms with van der Waals surface area (Å²) in [6.45, 7) is 1.61. The molecule has 0 spiro atoms. The lowest BCUT2D eigenvalue weighted by atomic mass is 10.1. The number of nitro benzene ring substituents is 1. The second-order valence-electron chi connectivity index (χ2n) is 5.22. The minimum atomic E-state index is -0.683. The zero-order valence-corrected chi connectivity index (χ0v) is 12.8. The number of carbonyl (C=O) groups is 1. The van der Waals surface area contributed by atoms with Crippen LogP contribution in [0.1, 0.15) is 18.5 Å². The number of hydrogen-bond donors (Lipinski definition) is 2. The van der Waals surface area contributed by atoms with Crippen LogP contribution >= 0.6 is 0 Å². The number of anilines is 1. The summed E-state index contributed by atoms with van der Waals surface area (Å²) >= 11 is 0. The molecule has 8 heteroatoms. The quantitative estimate of drug-likeness (QED) is 0.626. The first kappa shape index (κ1) is 17.5. The molecule has 0 bridgehead atoms. The fraction of sp³-hybridized carbons (Fsp3) is 0.188. The first-order valence-corrected chi connectivity index (χ1v) is 7.20. The SMILES string of the molecule is C[C@@H]([NH2+]CC(=O)Nc1ccccc1[N+](=O)[O-])c1ccc(F)cc1F. The Bertz CT molecular complexity index is 768. The molecule has 0 radical (unpaired) electrons. The summed E-state index contributed by atoms with van der Waals surface area (Å²) in [6, 6.07) is 8.63. The average Bonchev–Trinajstić information content (AvgIpc) is 2.53. The van der Waals surface area contributed by atoms with E-state index in [1.807, 2.05) is 0 Å². The molecular formula is C16H16F2N3O3+. The third-order valence-electron chi connectivity index (χ3n) is 3.48. The van der Waals surface area contributed by atoms with Crippen LogP contribution in [0.5, 0.6) is 0 Å². The number of amides is 1. The zero-order valence-electron chi connectivity index (χ0n) is 12.8. The molecule has 0 fully saturated rings. The number of nitro groups is 1. The van der Waals surface area contributed by atoms with Gasteiger partial charge in [0.25, 0.3) is 11.6 Å². The third-order valence-corrected chi connectivity index (χ3v) is 3.48. The van der Waals surface area contributed by atoms with Crippen molar-refractivity contribution >= 4 is 17.3 Å². The summed E-state index contributed by atoms with van der Waals surface area (Å²) in [6.07, 6.45) is 0. The van der Waals surface area contributed by atoms with Gasteiger partial charge in [0.2, 0.25) is 0 Å². The maximum Gasteiger partial charge on any atom is 0.292 e. The predicted molar refractivity (Wildman–Crippen MR) is 83.3 cm³/mol. The van der Waals surface area contributed by atoms with E-state index in [4.69, 9.17) is 0 Å². The van der Waals surface area contributed by atoms with Gasteiger partial charge in [0.05, 0.1) is 4.92 Å². The molecule has 2 rings (SSSR count). The maximum atomic E-state index is 13.7. The second-order valence-corrected chi connectivity index (χ2v) is 5.22. The van der Waals surface area contributed by atoms with Crippen LogP contribution in [0.25, 0.3) is 0 Å². The van der Waals surface area contributed by atoms with Crippen molar-refractivity contribution in [2.75, 3.05) is 11.9 Å². The fourth-order valence-corrected chi connectivity index (χ4v) is 2.22. The number of para-hydroxylation sites is 2. The standard InChI is InChI=1S/C16H15F2N3O3/c1-10(12-7-6-11(17)8-13(12)18)19-9-16(22)20-14-4-2-3-5-15(14)21(23)24/h2-8,10,19H,9H2,1H3,(H,20,22)/p+1/t10-/m1/s1. The van der Waals surface area contributed by atoms with Crippen molar-refractivity contribution in [3.8, 4) is 0 Å². The normalized spacial score (nSPS) is 11.8. The van der Waals surface area contributed by atoms with Crippen molar-refractivity contribution in [2.45, 2.75) is 13.0 Å². The molecule has 0 aromatic heterocycles. The number of rotatable bonds is 6. The van der Waals surface area contributed by atoms with Gasteiger partial charge in [-0.3, -0.25) is 14.9 Å². The molecule has 0 aliphatic rings. The number of carbonyl (C=O) groups excluding carboxylic acids is 1. The largest absolute Gasteiger partial charge is 0.332 e. The van der Waals surface area contributed by atoms with E-state index >= 15 is 0 Å². The highest BCUT2D eigenvalue weighted by atomic mass is 19.1. The van der Waals surface area contributed by atoms with E-state index in [1.54, 1.807) is 18.3 Å². The van der Waals surface area contributed by atoms with Crippen LogP contribution in [0.2, 0.25) is 0 Å². The Labute approximate surface area is 136 Å². The molecule has 2 aromatic carbocycles. The van der Waals surface area contributed by atoms with E-state index in [9.17, 15) is 23.7 Å². The highest BCUT2D eigenvalue weighted by molar-refractivity contribution is 5.93. The minimum absolute atomic E-state index is 0.0654. The smallest absolute Gasteiger partial charge is 0.292 e. The second kappa shape index (κ2) is 7.60. The van der Waals surface area contributed by atoms with Gasteiger partial charge in [0.15, 0.2) is 6.54 Å². The Morgan fingerprint density at radius 3 is 2.67 bits per heavy atom. The zero-order chi connectivity index (χ0) is 17.7. The minimum Gasteiger partial charge on any atom is -0.332 e. The van der Waals surface area contributed by atoms with E-state index in [2.05, 4.69) is 5.32 Å². The van der Waals surface area contributed by atoms with E-state index in [0.717, 1.165) is 12.1 Å². The number of hydrogen-bond acceptors (Lipinski definition) is 3. The summed E-state index contributed by atoms with van der Waals surface area (Å²) < 4.78 is 26.6. The Hall–Kier alpha value is -2.87. The number of halogens is 2. The van der Waals surface area contributed by atoms with E-state index < -0.39 is 28.5 Å². The molecule has 0 saturated carbocycles. The number of nitrogens with two attached hydrogens (primary N) is 1. The first-order valence-electron chi connectivity index (χ1n) is 7.20. The Morgan fingerprint density at radius 1 is 1.29 bits per heavy atom. The van der Waals surface area contributed by atoms with Gasteiger partial charge < -0.3 is 10.6 Å². The van der Waals surface area contributed by atoms with Crippen LogP contribution in [-0.2, 0) is 4.79 Å². The summed E-state index contributed by atoms with van der Waals surface area (Å²) in [5.41, 5.74) is 0.167. The molecule has 24 heavy (non-hydrogen) atoms. The van der Waals surface area contributed by atoms with Gasteiger partial charge in [-0.25, -0.2) is 8.78 Å². The van der Waals surface area contributed by atoms with Crippen LogP contribution in [0.3, 0.4) is 0 Å². The van der Waals surface area contributed by atoms with Gasteiger partial charge in [-0.05, 0) is 25.1 Å². The topological polar surface area (TPSA) is 88.8 Å². The third kappa shape index (κ3) is 4.32. The molecule has 0 aliphatic heterocycles. The molecule has 126 valence electrons. The monoisotopic (exact) mass is 336 g/mol. The molecule has 0 heterocycles. The van der Waals surface area contributed by atoms with Crippen LogP contribution in [0.4, 0.5) is 20.2 Å². The molecule has 3 N–H and O–H groups in total. The lowest BCUT2D eigenvalue weighted by molar-refractivity contribution is -0.682. The van der Waals surface area contributed by atoms with Crippen molar-refractivity contribution in [3.63, 3.8) is 0 Å². The summed E-state index contributed by atoms with van der Waals surface area (Å²) in [5.74, 6) is -1.81. The molecule has 1 amide bonds. The molecule has 0 aliphatic carbocycles. The maximum absolute atomic E-state index is 13.7. The van der Waals surface area contributed by atoms with Gasteiger partial charge in [-0.15, -0.1) is 0 Å². The van der Waals surface area contributed by atoms with Crippen LogP contribution in [0, 0.1) is 21.7 Å². The van der Waals surface area contributed by atoms with E-state index in [1.165, 1.54) is 24.3 Å². The fourth-order valence-electron chi connectivity index (χ4n) is 2.22. The Morgan fingerprint density at radius 2 is 2.00 bits per heavy atom. The number of nitrogens with one attached hydrogen (secondary N) is 1. The number of nitrogens with zero attached hydrogens (tertiary/aromatic N) is 1. The van der Waals surface area contributed by atoms with Crippen molar-refractivity contribution < 1.29 is 23.8 Å². The number of benzene rings is 2. The van der Waals surface area contributed by atoms with Crippen molar-refractivity contribution in [1.82, 2.24) is 0 Å². The van der Waals surface area contributed by atoms with E-state index in [0.29, 0.717) is 0 Å². The van der Waals surface area contributed by atoms with Crippen molar-refractivity contribution in [3.05, 3.63) is 69.8 Å². The molecule has 6 nitrogen and oxygen atoms in total. The van der Waals surface area contributed by atoms with E-state index in [-0.39, 0.29) is 23.5 Å². The molecule has 0 unspecified atom stereocenters. The Balaban J connectivity index is 1.97. The molecule has 1 atom stereocenters. The van der Waals surface area contributed by atoms with Crippen LogP contribution in [-0.4, -0.2) is 17.4 Å². The summed E-state index contributed by atoms with van der Waals surface area (Å²) in [7, 11) is 0. The molecular weight excluding hydrogens is 320 g/mol.